The lowest BCUT2D eigenvalue weighted by Crippen LogP contribution is -2.17. The smallest absolute Gasteiger partial charge is 0.408 e. The number of para-hydroxylation sites is 2. The molecule has 5 nitrogen and oxygen atoms in total. The third-order valence-electron chi connectivity index (χ3n) is 4.03. The standard InChI is InChI=1S/C19H20N2O3/c1-13-9-10-14(2)15(12-13)20-18(22)8-5-11-21-16-6-3-4-7-17(16)24-19(21)23/h3-4,6-7,9-10,12H,5,8,11H2,1-2H3,(H,20,22). The topological polar surface area (TPSA) is 64.2 Å². The normalized spacial score (nSPS) is 10.9. The zero-order valence-corrected chi connectivity index (χ0v) is 13.8. The molecular formula is C19H20N2O3. The van der Waals surface area contributed by atoms with Crippen molar-refractivity contribution in [3.8, 4) is 0 Å². The molecule has 1 amide bonds. The van der Waals surface area contributed by atoms with Crippen molar-refractivity contribution < 1.29 is 9.21 Å². The number of benzene rings is 2. The van der Waals surface area contributed by atoms with Gasteiger partial charge in [-0.05, 0) is 49.6 Å². The molecule has 2 aromatic carbocycles. The molecule has 3 rings (SSSR count). The van der Waals surface area contributed by atoms with Crippen LogP contribution in [0.5, 0.6) is 0 Å². The molecule has 24 heavy (non-hydrogen) atoms. The van der Waals surface area contributed by atoms with Crippen molar-refractivity contribution in [3.05, 3.63) is 64.1 Å². The van der Waals surface area contributed by atoms with Gasteiger partial charge >= 0.3 is 5.76 Å². The predicted molar refractivity (Wildman–Crippen MR) is 94.3 cm³/mol. The molecule has 0 aliphatic carbocycles. The van der Waals surface area contributed by atoms with Gasteiger partial charge in [0.2, 0.25) is 5.91 Å². The van der Waals surface area contributed by atoms with E-state index >= 15 is 0 Å². The molecular weight excluding hydrogens is 304 g/mol. The second kappa shape index (κ2) is 6.74. The minimum atomic E-state index is -0.383. The summed E-state index contributed by atoms with van der Waals surface area (Å²) >= 11 is 0. The van der Waals surface area contributed by atoms with Gasteiger partial charge in [-0.3, -0.25) is 9.36 Å². The van der Waals surface area contributed by atoms with E-state index < -0.39 is 0 Å². The van der Waals surface area contributed by atoms with Crippen LogP contribution in [0.4, 0.5) is 5.69 Å². The number of aromatic nitrogens is 1. The highest BCUT2D eigenvalue weighted by Gasteiger charge is 2.10. The van der Waals surface area contributed by atoms with Crippen LogP contribution in [0.25, 0.3) is 11.1 Å². The first kappa shape index (κ1) is 16.1. The minimum Gasteiger partial charge on any atom is -0.408 e. The van der Waals surface area contributed by atoms with Crippen LogP contribution >= 0.6 is 0 Å². The Morgan fingerprint density at radius 1 is 1.17 bits per heavy atom. The number of hydrogen-bond acceptors (Lipinski definition) is 3. The Labute approximate surface area is 139 Å². The van der Waals surface area contributed by atoms with Gasteiger partial charge in [0.25, 0.3) is 0 Å². The van der Waals surface area contributed by atoms with Crippen LogP contribution in [-0.2, 0) is 11.3 Å². The van der Waals surface area contributed by atoms with E-state index in [2.05, 4.69) is 5.32 Å². The van der Waals surface area contributed by atoms with E-state index in [1.807, 2.05) is 50.2 Å². The number of aryl methyl sites for hydroxylation is 3. The number of nitrogens with one attached hydrogen (secondary N) is 1. The molecule has 0 bridgehead atoms. The molecule has 0 aliphatic rings. The van der Waals surface area contributed by atoms with Crippen LogP contribution in [0.2, 0.25) is 0 Å². The van der Waals surface area contributed by atoms with Gasteiger partial charge in [-0.15, -0.1) is 0 Å². The largest absolute Gasteiger partial charge is 0.419 e. The maximum Gasteiger partial charge on any atom is 0.419 e. The first-order valence-electron chi connectivity index (χ1n) is 8.00. The molecule has 0 fully saturated rings. The quantitative estimate of drug-likeness (QED) is 0.779. The van der Waals surface area contributed by atoms with Crippen molar-refractivity contribution in [2.45, 2.75) is 33.2 Å². The van der Waals surface area contributed by atoms with Crippen molar-refractivity contribution in [2.24, 2.45) is 0 Å². The first-order valence-corrected chi connectivity index (χ1v) is 8.00. The van der Waals surface area contributed by atoms with Crippen LogP contribution < -0.4 is 11.1 Å². The lowest BCUT2D eigenvalue weighted by atomic mass is 10.1. The average molecular weight is 324 g/mol. The van der Waals surface area contributed by atoms with E-state index in [0.29, 0.717) is 25.0 Å². The highest BCUT2D eigenvalue weighted by atomic mass is 16.4. The Balaban J connectivity index is 1.61. The maximum absolute atomic E-state index is 12.1. The molecule has 0 spiro atoms. The summed E-state index contributed by atoms with van der Waals surface area (Å²) in [4.78, 5) is 24.0. The molecule has 1 heterocycles. The SMILES string of the molecule is Cc1ccc(C)c(NC(=O)CCCn2c(=O)oc3ccccc32)c1. The second-order valence-electron chi connectivity index (χ2n) is 5.96. The van der Waals surface area contributed by atoms with Gasteiger partial charge in [0.05, 0.1) is 5.52 Å². The molecule has 1 N–H and O–H groups in total. The fraction of sp³-hybridized carbons (Fsp3) is 0.263. The van der Waals surface area contributed by atoms with Gasteiger partial charge in [-0.1, -0.05) is 24.3 Å². The lowest BCUT2D eigenvalue weighted by molar-refractivity contribution is -0.116. The monoisotopic (exact) mass is 324 g/mol. The van der Waals surface area contributed by atoms with E-state index in [1.165, 1.54) is 0 Å². The number of nitrogens with zero attached hydrogens (tertiary/aromatic N) is 1. The summed E-state index contributed by atoms with van der Waals surface area (Å²) in [5.41, 5.74) is 4.31. The Hall–Kier alpha value is -2.82. The van der Waals surface area contributed by atoms with Crippen molar-refractivity contribution >= 4 is 22.7 Å². The Bertz CT molecular complexity index is 937. The van der Waals surface area contributed by atoms with Crippen LogP contribution in [0.15, 0.2) is 51.7 Å². The summed E-state index contributed by atoms with van der Waals surface area (Å²) in [7, 11) is 0. The summed E-state index contributed by atoms with van der Waals surface area (Å²) in [6, 6.07) is 13.3. The summed E-state index contributed by atoms with van der Waals surface area (Å²) < 4.78 is 6.76. The highest BCUT2D eigenvalue weighted by molar-refractivity contribution is 5.91. The number of oxazole rings is 1. The Morgan fingerprint density at radius 3 is 2.79 bits per heavy atom. The molecule has 3 aromatic rings. The highest BCUT2D eigenvalue weighted by Crippen LogP contribution is 2.17. The summed E-state index contributed by atoms with van der Waals surface area (Å²) in [6.07, 6.45) is 0.916. The third-order valence-corrected chi connectivity index (χ3v) is 4.03. The Kier molecular flexibility index (Phi) is 4.51. The van der Waals surface area contributed by atoms with Crippen molar-refractivity contribution in [2.75, 3.05) is 5.32 Å². The number of hydrogen-bond donors (Lipinski definition) is 1. The van der Waals surface area contributed by atoms with E-state index in [9.17, 15) is 9.59 Å². The fourth-order valence-corrected chi connectivity index (χ4v) is 2.71. The van der Waals surface area contributed by atoms with Gasteiger partial charge in [0, 0.05) is 18.7 Å². The zero-order valence-electron chi connectivity index (χ0n) is 13.8. The number of anilines is 1. The molecule has 124 valence electrons. The summed E-state index contributed by atoms with van der Waals surface area (Å²) in [6.45, 7) is 4.41. The summed E-state index contributed by atoms with van der Waals surface area (Å²) in [5.74, 6) is -0.435. The molecule has 5 heteroatoms. The first-order chi connectivity index (χ1) is 11.5. The van der Waals surface area contributed by atoms with Crippen LogP contribution in [0.1, 0.15) is 24.0 Å². The number of carbonyl (C=O) groups excluding carboxylic acids is 1. The van der Waals surface area contributed by atoms with E-state index in [-0.39, 0.29) is 11.7 Å². The van der Waals surface area contributed by atoms with Crippen LogP contribution in [-0.4, -0.2) is 10.5 Å². The Morgan fingerprint density at radius 2 is 1.96 bits per heavy atom. The van der Waals surface area contributed by atoms with Crippen molar-refractivity contribution in [1.29, 1.82) is 0 Å². The molecule has 0 saturated carbocycles. The fourth-order valence-electron chi connectivity index (χ4n) is 2.71. The van der Waals surface area contributed by atoms with E-state index in [4.69, 9.17) is 4.42 Å². The van der Waals surface area contributed by atoms with Crippen molar-refractivity contribution in [1.82, 2.24) is 4.57 Å². The molecule has 0 saturated heterocycles. The van der Waals surface area contributed by atoms with Crippen LogP contribution in [0.3, 0.4) is 0 Å². The van der Waals surface area contributed by atoms with Gasteiger partial charge in [-0.25, -0.2) is 4.79 Å². The van der Waals surface area contributed by atoms with E-state index in [0.717, 1.165) is 22.3 Å². The number of carbonyl (C=O) groups is 1. The number of fused-ring (bicyclic) bond motifs is 1. The molecule has 0 unspecified atom stereocenters. The van der Waals surface area contributed by atoms with Gasteiger partial charge in [0.1, 0.15) is 0 Å². The predicted octanol–water partition coefficient (Wildman–Crippen LogP) is 3.63. The third kappa shape index (κ3) is 3.40. The average Bonchev–Trinajstić information content (AvgIpc) is 2.87. The molecule has 0 aliphatic heterocycles. The summed E-state index contributed by atoms with van der Waals surface area (Å²) in [5, 5.41) is 2.93. The zero-order chi connectivity index (χ0) is 17.1. The van der Waals surface area contributed by atoms with Crippen molar-refractivity contribution in [3.63, 3.8) is 0 Å². The molecule has 0 atom stereocenters. The van der Waals surface area contributed by atoms with E-state index in [1.54, 1.807) is 10.6 Å². The number of rotatable bonds is 5. The second-order valence-corrected chi connectivity index (χ2v) is 5.96. The lowest BCUT2D eigenvalue weighted by Gasteiger charge is -2.09. The van der Waals surface area contributed by atoms with Gasteiger partial charge in [0.15, 0.2) is 5.58 Å². The maximum atomic E-state index is 12.1. The van der Waals surface area contributed by atoms with Gasteiger partial charge < -0.3 is 9.73 Å². The minimum absolute atomic E-state index is 0.0513. The molecule has 1 aromatic heterocycles. The van der Waals surface area contributed by atoms with Gasteiger partial charge in [-0.2, -0.15) is 0 Å². The number of amides is 1. The molecule has 0 radical (unpaired) electrons. The van der Waals surface area contributed by atoms with Crippen LogP contribution in [0, 0.1) is 13.8 Å².